The minimum Gasteiger partial charge on any atom is -0.353 e. The third-order valence-corrected chi connectivity index (χ3v) is 5.38. The molecule has 164 valence electrons. The Balaban J connectivity index is 2.15. The topological polar surface area (TPSA) is 57.6 Å². The molecule has 1 heterocycles. The number of carbonyl (C=O) groups excluding carboxylic acids is 2. The monoisotopic (exact) mass is 432 g/mol. The lowest BCUT2D eigenvalue weighted by Crippen LogP contribution is -2.48. The van der Waals surface area contributed by atoms with Gasteiger partial charge in [0.1, 0.15) is 6.54 Å². The van der Waals surface area contributed by atoms with E-state index in [4.69, 9.17) is 11.6 Å². The molecule has 2 aromatic rings. The highest BCUT2D eigenvalue weighted by atomic mass is 35.5. The number of amides is 3. The van der Waals surface area contributed by atoms with Gasteiger partial charge in [0.05, 0.1) is 6.54 Å². The Hall–Kier alpha value is -2.47. The van der Waals surface area contributed by atoms with Crippen LogP contribution in [0.15, 0.2) is 42.6 Å². The Labute approximate surface area is 184 Å². The van der Waals surface area contributed by atoms with Gasteiger partial charge in [0.15, 0.2) is 0 Å². The van der Waals surface area contributed by atoms with Crippen LogP contribution in [-0.4, -0.2) is 45.4 Å². The number of nitrogens with one attached hydrogen (secondary N) is 1. The molecule has 0 aliphatic heterocycles. The van der Waals surface area contributed by atoms with Crippen molar-refractivity contribution in [3.63, 3.8) is 0 Å². The molecule has 1 unspecified atom stereocenters. The molecule has 0 saturated heterocycles. The normalized spacial score (nSPS) is 12.0. The number of benzene rings is 1. The third kappa shape index (κ3) is 6.80. The zero-order valence-corrected chi connectivity index (χ0v) is 19.3. The summed E-state index contributed by atoms with van der Waals surface area (Å²) in [7, 11) is 1.97. The molecule has 2 rings (SSSR count). The van der Waals surface area contributed by atoms with Crippen molar-refractivity contribution in [1.29, 1.82) is 0 Å². The first-order valence-corrected chi connectivity index (χ1v) is 10.8. The summed E-state index contributed by atoms with van der Waals surface area (Å²) in [6, 6.07) is 10.6. The maximum atomic E-state index is 13.2. The number of aromatic nitrogens is 1. The minimum atomic E-state index is -0.289. The van der Waals surface area contributed by atoms with Crippen LogP contribution in [0.3, 0.4) is 0 Å². The lowest BCUT2D eigenvalue weighted by molar-refractivity contribution is -0.133. The fourth-order valence-corrected chi connectivity index (χ4v) is 3.30. The van der Waals surface area contributed by atoms with Gasteiger partial charge in [0, 0.05) is 42.2 Å². The summed E-state index contributed by atoms with van der Waals surface area (Å²) in [5, 5.41) is 3.48. The van der Waals surface area contributed by atoms with Gasteiger partial charge in [-0.3, -0.25) is 4.79 Å². The lowest BCUT2D eigenvalue weighted by atomic mass is 10.2. The average molecular weight is 433 g/mol. The maximum Gasteiger partial charge on any atom is 0.322 e. The van der Waals surface area contributed by atoms with Crippen molar-refractivity contribution in [2.75, 3.05) is 18.4 Å². The van der Waals surface area contributed by atoms with E-state index in [1.54, 1.807) is 29.2 Å². The molecule has 1 atom stereocenters. The van der Waals surface area contributed by atoms with Gasteiger partial charge in [-0.05, 0) is 55.7 Å². The third-order valence-electron chi connectivity index (χ3n) is 5.13. The Morgan fingerprint density at radius 1 is 1.13 bits per heavy atom. The van der Waals surface area contributed by atoms with E-state index in [0.29, 0.717) is 29.7 Å². The second-order valence-corrected chi connectivity index (χ2v) is 8.54. The Morgan fingerprint density at radius 2 is 1.80 bits per heavy atom. The largest absolute Gasteiger partial charge is 0.353 e. The second-order valence-electron chi connectivity index (χ2n) is 8.10. The number of rotatable bonds is 9. The van der Waals surface area contributed by atoms with Crippen molar-refractivity contribution in [2.45, 2.75) is 46.7 Å². The highest BCUT2D eigenvalue weighted by molar-refractivity contribution is 6.30. The van der Waals surface area contributed by atoms with Crippen molar-refractivity contribution in [2.24, 2.45) is 13.0 Å². The molecule has 0 spiro atoms. The van der Waals surface area contributed by atoms with E-state index in [1.165, 1.54) is 0 Å². The smallest absolute Gasteiger partial charge is 0.322 e. The van der Waals surface area contributed by atoms with Gasteiger partial charge in [-0.15, -0.1) is 0 Å². The van der Waals surface area contributed by atoms with Crippen molar-refractivity contribution in [3.8, 4) is 0 Å². The quantitative estimate of drug-likeness (QED) is 0.606. The van der Waals surface area contributed by atoms with Gasteiger partial charge in [-0.25, -0.2) is 4.79 Å². The van der Waals surface area contributed by atoms with Crippen LogP contribution in [0.5, 0.6) is 0 Å². The first-order valence-electron chi connectivity index (χ1n) is 10.4. The number of urea groups is 1. The molecule has 0 bridgehead atoms. The van der Waals surface area contributed by atoms with Gasteiger partial charge in [0.25, 0.3) is 0 Å². The highest BCUT2D eigenvalue weighted by Gasteiger charge is 2.25. The zero-order chi connectivity index (χ0) is 22.3. The van der Waals surface area contributed by atoms with Crippen molar-refractivity contribution >= 4 is 29.2 Å². The molecular formula is C23H33ClN4O2. The average Bonchev–Trinajstić information content (AvgIpc) is 3.10. The highest BCUT2D eigenvalue weighted by Crippen LogP contribution is 2.16. The Morgan fingerprint density at radius 3 is 2.33 bits per heavy atom. The number of halogens is 1. The molecule has 3 amide bonds. The van der Waals surface area contributed by atoms with Gasteiger partial charge < -0.3 is 19.7 Å². The van der Waals surface area contributed by atoms with E-state index < -0.39 is 0 Å². The fraction of sp³-hybridized carbons (Fsp3) is 0.478. The molecule has 0 fully saturated rings. The number of hydrogen-bond acceptors (Lipinski definition) is 2. The van der Waals surface area contributed by atoms with E-state index in [0.717, 1.165) is 12.1 Å². The van der Waals surface area contributed by atoms with Crippen LogP contribution in [0.2, 0.25) is 5.02 Å². The molecule has 1 N–H and O–H groups in total. The molecular weight excluding hydrogens is 400 g/mol. The summed E-state index contributed by atoms with van der Waals surface area (Å²) >= 11 is 5.92. The number of carbonyl (C=O) groups is 2. The zero-order valence-electron chi connectivity index (χ0n) is 18.6. The summed E-state index contributed by atoms with van der Waals surface area (Å²) in [5.74, 6) is 0.269. The number of anilines is 1. The molecule has 0 radical (unpaired) electrons. The van der Waals surface area contributed by atoms with Crippen molar-refractivity contribution in [1.82, 2.24) is 14.4 Å². The summed E-state index contributed by atoms with van der Waals surface area (Å²) in [6.07, 6.45) is 2.72. The van der Waals surface area contributed by atoms with Gasteiger partial charge in [-0.2, -0.15) is 0 Å². The summed E-state index contributed by atoms with van der Waals surface area (Å²) < 4.78 is 2.01. The Kier molecular flexibility index (Phi) is 8.78. The van der Waals surface area contributed by atoms with Crippen LogP contribution in [0.1, 0.15) is 39.8 Å². The molecule has 7 heteroatoms. The summed E-state index contributed by atoms with van der Waals surface area (Å²) in [5.41, 5.74) is 1.71. The molecule has 0 aliphatic carbocycles. The van der Waals surface area contributed by atoms with Crippen LogP contribution < -0.4 is 5.32 Å². The van der Waals surface area contributed by atoms with E-state index in [9.17, 15) is 9.59 Å². The number of hydrogen-bond donors (Lipinski definition) is 1. The number of aryl methyl sites for hydroxylation is 1. The minimum absolute atomic E-state index is 0.0333. The first-order chi connectivity index (χ1) is 14.2. The van der Waals surface area contributed by atoms with Crippen molar-refractivity contribution in [3.05, 3.63) is 53.3 Å². The predicted molar refractivity (Wildman–Crippen MR) is 123 cm³/mol. The second kappa shape index (κ2) is 11.1. The van der Waals surface area contributed by atoms with Crippen LogP contribution in [0.25, 0.3) is 0 Å². The van der Waals surface area contributed by atoms with E-state index in [-0.39, 0.29) is 24.5 Å². The predicted octanol–water partition coefficient (Wildman–Crippen LogP) is 5.00. The lowest BCUT2D eigenvalue weighted by Gasteiger charge is -2.32. The Bertz CT molecular complexity index is 832. The number of nitrogens with zero attached hydrogens (tertiary/aromatic N) is 3. The summed E-state index contributed by atoms with van der Waals surface area (Å²) in [6.45, 7) is 9.33. The molecule has 0 saturated carbocycles. The molecule has 0 aliphatic rings. The van der Waals surface area contributed by atoms with Crippen LogP contribution in [0, 0.1) is 5.92 Å². The first kappa shape index (κ1) is 23.8. The fourth-order valence-electron chi connectivity index (χ4n) is 3.17. The van der Waals surface area contributed by atoms with E-state index in [2.05, 4.69) is 19.2 Å². The maximum absolute atomic E-state index is 13.2. The van der Waals surface area contributed by atoms with Gasteiger partial charge in [0.2, 0.25) is 5.91 Å². The van der Waals surface area contributed by atoms with E-state index in [1.807, 2.05) is 48.7 Å². The van der Waals surface area contributed by atoms with Crippen molar-refractivity contribution < 1.29 is 9.59 Å². The van der Waals surface area contributed by atoms with E-state index >= 15 is 0 Å². The molecule has 6 nitrogen and oxygen atoms in total. The molecule has 30 heavy (non-hydrogen) atoms. The molecule has 1 aromatic carbocycles. The van der Waals surface area contributed by atoms with Gasteiger partial charge >= 0.3 is 6.03 Å². The van der Waals surface area contributed by atoms with Crippen LogP contribution in [0.4, 0.5) is 10.5 Å². The molecule has 1 aromatic heterocycles. The van der Waals surface area contributed by atoms with Crippen LogP contribution >= 0.6 is 11.6 Å². The van der Waals surface area contributed by atoms with Gasteiger partial charge in [-0.1, -0.05) is 32.4 Å². The summed E-state index contributed by atoms with van der Waals surface area (Å²) in [4.78, 5) is 29.6. The standard InChI is InChI=1S/C23H33ClN4O2/c1-6-18(4)28(23(30)25-20-11-9-19(24)10-12-20)16-22(29)27(14-17(2)3)15-21-8-7-13-26(21)5/h7-13,17-18H,6,14-16H2,1-5H3,(H,25,30). The van der Waals surface area contributed by atoms with Crippen LogP contribution in [-0.2, 0) is 18.4 Å². The SMILES string of the molecule is CCC(C)N(CC(=O)N(Cc1cccn1C)CC(C)C)C(=O)Nc1ccc(Cl)cc1.